The molecule has 2 rings (SSSR count). The Morgan fingerprint density at radius 1 is 1.45 bits per heavy atom. The molecule has 1 aliphatic rings. The average molecular weight is 362 g/mol. The van der Waals surface area contributed by atoms with Gasteiger partial charge in [0, 0.05) is 11.0 Å². The van der Waals surface area contributed by atoms with Crippen LogP contribution < -0.4 is 0 Å². The zero-order chi connectivity index (χ0) is 15.1. The number of rotatable bonds is 3. The number of hydrogen-bond donors (Lipinski definition) is 1. The molecule has 20 heavy (non-hydrogen) atoms. The van der Waals surface area contributed by atoms with Crippen LogP contribution in [0.15, 0.2) is 27.6 Å². The van der Waals surface area contributed by atoms with Gasteiger partial charge in [-0.2, -0.15) is 4.31 Å². The number of nitrogens with zero attached hydrogens (tertiary/aromatic N) is 1. The first-order chi connectivity index (χ1) is 9.25. The maximum atomic E-state index is 12.7. The molecule has 1 aliphatic heterocycles. The predicted molar refractivity (Wildman–Crippen MR) is 78.0 cm³/mol. The van der Waals surface area contributed by atoms with E-state index in [1.807, 2.05) is 6.92 Å². The Labute approximate surface area is 126 Å². The van der Waals surface area contributed by atoms with Gasteiger partial charge >= 0.3 is 5.97 Å². The second kappa shape index (κ2) is 5.46. The van der Waals surface area contributed by atoms with Gasteiger partial charge in [-0.1, -0.05) is 13.0 Å². The first kappa shape index (κ1) is 15.5. The molecule has 1 fully saturated rings. The minimum absolute atomic E-state index is 0.114. The quantitative estimate of drug-likeness (QED) is 0.895. The van der Waals surface area contributed by atoms with Crippen LogP contribution in [0.5, 0.6) is 0 Å². The lowest BCUT2D eigenvalue weighted by Crippen LogP contribution is -2.42. The van der Waals surface area contributed by atoms with E-state index < -0.39 is 22.0 Å². The molecule has 2 atom stereocenters. The molecule has 0 aromatic heterocycles. The van der Waals surface area contributed by atoms with Gasteiger partial charge in [-0.15, -0.1) is 0 Å². The van der Waals surface area contributed by atoms with E-state index in [2.05, 4.69) is 15.9 Å². The van der Waals surface area contributed by atoms with Crippen molar-refractivity contribution < 1.29 is 18.3 Å². The van der Waals surface area contributed by atoms with Gasteiger partial charge in [0.1, 0.15) is 6.04 Å². The third-order valence-corrected chi connectivity index (χ3v) is 6.44. The van der Waals surface area contributed by atoms with Gasteiger partial charge in [-0.25, -0.2) is 8.42 Å². The number of carboxylic acids is 1. The van der Waals surface area contributed by atoms with Crippen LogP contribution in [0.1, 0.15) is 18.9 Å². The summed E-state index contributed by atoms with van der Waals surface area (Å²) >= 11 is 3.25. The first-order valence-electron chi connectivity index (χ1n) is 6.26. The smallest absolute Gasteiger partial charge is 0.322 e. The summed E-state index contributed by atoms with van der Waals surface area (Å²) < 4.78 is 26.9. The molecule has 5 nitrogen and oxygen atoms in total. The lowest BCUT2D eigenvalue weighted by Gasteiger charge is -2.23. The Morgan fingerprint density at radius 2 is 2.10 bits per heavy atom. The largest absolute Gasteiger partial charge is 0.480 e. The molecule has 1 heterocycles. The predicted octanol–water partition coefficient (Wildman–Crippen LogP) is 2.24. The minimum Gasteiger partial charge on any atom is -0.480 e. The Morgan fingerprint density at radius 3 is 2.65 bits per heavy atom. The molecule has 1 aromatic rings. The van der Waals surface area contributed by atoms with E-state index >= 15 is 0 Å². The topological polar surface area (TPSA) is 74.7 Å². The van der Waals surface area contributed by atoms with Crippen molar-refractivity contribution >= 4 is 31.9 Å². The number of carboxylic acid groups (broad SMARTS) is 1. The van der Waals surface area contributed by atoms with Crippen LogP contribution in [0.25, 0.3) is 0 Å². The van der Waals surface area contributed by atoms with Crippen LogP contribution in [0.2, 0.25) is 0 Å². The van der Waals surface area contributed by atoms with E-state index in [0.717, 1.165) is 9.87 Å². The minimum atomic E-state index is -3.81. The van der Waals surface area contributed by atoms with Crippen LogP contribution in [0, 0.1) is 12.8 Å². The molecule has 110 valence electrons. The second-order valence-corrected chi connectivity index (χ2v) is 7.81. The number of carbonyl (C=O) groups is 1. The zero-order valence-electron chi connectivity index (χ0n) is 11.2. The maximum Gasteiger partial charge on any atom is 0.322 e. The van der Waals surface area contributed by atoms with E-state index in [1.54, 1.807) is 19.1 Å². The Hall–Kier alpha value is -0.920. The lowest BCUT2D eigenvalue weighted by molar-refractivity contribution is -0.141. The summed E-state index contributed by atoms with van der Waals surface area (Å²) in [6, 6.07) is 3.93. The molecule has 2 unspecified atom stereocenters. The molecule has 1 saturated heterocycles. The van der Waals surface area contributed by atoms with Crippen molar-refractivity contribution in [1.82, 2.24) is 4.31 Å². The third kappa shape index (κ3) is 2.62. The maximum absolute atomic E-state index is 12.7. The van der Waals surface area contributed by atoms with Gasteiger partial charge in [-0.3, -0.25) is 4.79 Å². The Bertz CT molecular complexity index is 644. The highest BCUT2D eigenvalue weighted by molar-refractivity contribution is 9.10. The van der Waals surface area contributed by atoms with E-state index in [9.17, 15) is 18.3 Å². The van der Waals surface area contributed by atoms with Crippen LogP contribution >= 0.6 is 15.9 Å². The van der Waals surface area contributed by atoms with Crippen molar-refractivity contribution in [2.24, 2.45) is 5.92 Å². The average Bonchev–Trinajstić information content (AvgIpc) is 2.71. The summed E-state index contributed by atoms with van der Waals surface area (Å²) in [6.07, 6.45) is 0.555. The van der Waals surface area contributed by atoms with Crippen LogP contribution in [0.3, 0.4) is 0 Å². The van der Waals surface area contributed by atoms with Crippen molar-refractivity contribution in [1.29, 1.82) is 0 Å². The first-order valence-corrected chi connectivity index (χ1v) is 8.49. The molecule has 7 heteroatoms. The van der Waals surface area contributed by atoms with Crippen LogP contribution in [-0.2, 0) is 14.8 Å². The fourth-order valence-electron chi connectivity index (χ4n) is 2.49. The third-order valence-electron chi connectivity index (χ3n) is 3.58. The standard InChI is InChI=1S/C13H16BrNO4S/c1-8-3-4-11(10(14)7-8)20(18,19)15-6-5-9(2)12(15)13(16)17/h3-4,7,9,12H,5-6H2,1-2H3,(H,16,17). The molecule has 0 amide bonds. The number of aryl methyl sites for hydroxylation is 1. The van der Waals surface area contributed by atoms with E-state index in [-0.39, 0.29) is 17.4 Å². The van der Waals surface area contributed by atoms with Crippen molar-refractivity contribution in [3.05, 3.63) is 28.2 Å². The highest BCUT2D eigenvalue weighted by atomic mass is 79.9. The second-order valence-electron chi connectivity index (χ2n) is 5.10. The Balaban J connectivity index is 2.47. The number of sulfonamides is 1. The van der Waals surface area contributed by atoms with Gasteiger partial charge in [0.15, 0.2) is 0 Å². The fraction of sp³-hybridized carbons (Fsp3) is 0.462. The number of benzene rings is 1. The SMILES string of the molecule is Cc1ccc(S(=O)(=O)N2CCC(C)C2C(=O)O)c(Br)c1. The van der Waals surface area contributed by atoms with Crippen LogP contribution in [-0.4, -0.2) is 36.4 Å². The van der Waals surface area contributed by atoms with Gasteiger partial charge < -0.3 is 5.11 Å². The normalized spacial score (nSPS) is 23.9. The van der Waals surface area contributed by atoms with Gasteiger partial charge in [0.25, 0.3) is 0 Å². The van der Waals surface area contributed by atoms with Crippen LogP contribution in [0.4, 0.5) is 0 Å². The van der Waals surface area contributed by atoms with Crippen molar-refractivity contribution in [3.63, 3.8) is 0 Å². The summed E-state index contributed by atoms with van der Waals surface area (Å²) in [5.74, 6) is -1.28. The molecule has 0 aliphatic carbocycles. The molecule has 0 saturated carbocycles. The Kier molecular flexibility index (Phi) is 4.22. The molecular formula is C13H16BrNO4S. The zero-order valence-corrected chi connectivity index (χ0v) is 13.6. The number of halogens is 1. The highest BCUT2D eigenvalue weighted by Crippen LogP contribution is 2.33. The summed E-state index contributed by atoms with van der Waals surface area (Å²) in [5.41, 5.74) is 0.931. The molecule has 1 N–H and O–H groups in total. The molecular weight excluding hydrogens is 346 g/mol. The highest BCUT2D eigenvalue weighted by Gasteiger charge is 2.44. The van der Waals surface area contributed by atoms with Gasteiger partial charge in [-0.05, 0) is 52.9 Å². The number of aliphatic carboxylic acids is 1. The lowest BCUT2D eigenvalue weighted by atomic mass is 10.0. The molecule has 0 bridgehead atoms. The molecule has 0 radical (unpaired) electrons. The van der Waals surface area contributed by atoms with Crippen molar-refractivity contribution in [2.75, 3.05) is 6.54 Å². The van der Waals surface area contributed by atoms with E-state index in [4.69, 9.17) is 0 Å². The van der Waals surface area contributed by atoms with Crippen molar-refractivity contribution in [2.45, 2.75) is 31.2 Å². The monoisotopic (exact) mass is 361 g/mol. The summed E-state index contributed by atoms with van der Waals surface area (Å²) in [5, 5.41) is 9.26. The summed E-state index contributed by atoms with van der Waals surface area (Å²) in [6.45, 7) is 3.86. The summed E-state index contributed by atoms with van der Waals surface area (Å²) in [7, 11) is -3.81. The van der Waals surface area contributed by atoms with E-state index in [0.29, 0.717) is 10.9 Å². The van der Waals surface area contributed by atoms with Gasteiger partial charge in [0.2, 0.25) is 10.0 Å². The van der Waals surface area contributed by atoms with Gasteiger partial charge in [0.05, 0.1) is 4.90 Å². The summed E-state index contributed by atoms with van der Waals surface area (Å²) in [4.78, 5) is 11.4. The molecule has 0 spiro atoms. The fourth-order valence-corrected chi connectivity index (χ4v) is 5.34. The van der Waals surface area contributed by atoms with E-state index in [1.165, 1.54) is 6.07 Å². The number of hydrogen-bond acceptors (Lipinski definition) is 3. The van der Waals surface area contributed by atoms with Crippen molar-refractivity contribution in [3.8, 4) is 0 Å². The molecule has 1 aromatic carbocycles.